The number of hydrogen-bond acceptors (Lipinski definition) is 4. The van der Waals surface area contributed by atoms with E-state index in [1.165, 1.54) is 23.3 Å². The molecule has 4 nitrogen and oxygen atoms in total. The second-order valence-electron chi connectivity index (χ2n) is 6.92. The van der Waals surface area contributed by atoms with Crippen molar-refractivity contribution < 1.29 is 4.79 Å². The number of amides is 1. The van der Waals surface area contributed by atoms with Crippen molar-refractivity contribution in [2.24, 2.45) is 5.92 Å². The lowest BCUT2D eigenvalue weighted by Gasteiger charge is -2.51. The molecule has 5 rings (SSSR count). The fraction of sp³-hybridized carbons (Fsp3) is 0.474. The first-order chi connectivity index (χ1) is 11.7. The maximum Gasteiger partial charge on any atom is 0.261 e. The number of thiophene rings is 1. The molecule has 1 amide bonds. The molecule has 25 heavy (non-hydrogen) atoms. The summed E-state index contributed by atoms with van der Waals surface area (Å²) < 4.78 is 0. The Bertz CT molecular complexity index is 712. The first-order valence-corrected chi connectivity index (χ1v) is 9.52. The van der Waals surface area contributed by atoms with E-state index < -0.39 is 0 Å². The van der Waals surface area contributed by atoms with Gasteiger partial charge in [0.25, 0.3) is 5.91 Å². The van der Waals surface area contributed by atoms with Crippen LogP contribution in [-0.2, 0) is 6.42 Å². The lowest BCUT2D eigenvalue weighted by atomic mass is 9.77. The second-order valence-corrected chi connectivity index (χ2v) is 8.20. The largest absolute Gasteiger partial charge is 0.347 e. The number of nitrogens with one attached hydrogen (secondary N) is 1. The van der Waals surface area contributed by atoms with E-state index in [1.807, 2.05) is 37.5 Å². The highest BCUT2D eigenvalue weighted by Gasteiger charge is 2.42. The summed E-state index contributed by atoms with van der Waals surface area (Å²) in [5.41, 5.74) is 1.25. The molecule has 5 heterocycles. The van der Waals surface area contributed by atoms with E-state index >= 15 is 0 Å². The zero-order chi connectivity index (χ0) is 16.5. The van der Waals surface area contributed by atoms with E-state index in [-0.39, 0.29) is 24.4 Å². The van der Waals surface area contributed by atoms with Gasteiger partial charge in [-0.2, -0.15) is 0 Å². The summed E-state index contributed by atoms with van der Waals surface area (Å²) in [6.07, 6.45) is 7.11. The summed E-state index contributed by atoms with van der Waals surface area (Å²) in [5.74, 6) is 0.685. The van der Waals surface area contributed by atoms with Crippen LogP contribution in [0.25, 0.3) is 0 Å². The van der Waals surface area contributed by atoms with Crippen LogP contribution in [0.4, 0.5) is 0 Å². The lowest BCUT2D eigenvalue weighted by molar-refractivity contribution is 0.0137. The molecule has 0 aromatic carbocycles. The first kappa shape index (κ1) is 18.4. The van der Waals surface area contributed by atoms with E-state index in [9.17, 15) is 4.79 Å². The third-order valence-electron chi connectivity index (χ3n) is 5.40. The number of carbonyl (C=O) groups is 1. The number of pyridine rings is 1. The van der Waals surface area contributed by atoms with Crippen molar-refractivity contribution in [2.45, 2.75) is 38.3 Å². The van der Waals surface area contributed by atoms with Crippen molar-refractivity contribution in [2.75, 3.05) is 13.1 Å². The maximum atomic E-state index is 12.7. The number of halogens is 1. The molecule has 3 aliphatic heterocycles. The first-order valence-electron chi connectivity index (χ1n) is 8.71. The van der Waals surface area contributed by atoms with Crippen LogP contribution >= 0.6 is 23.7 Å². The van der Waals surface area contributed by atoms with Gasteiger partial charge in [0.1, 0.15) is 0 Å². The monoisotopic (exact) mass is 377 g/mol. The Morgan fingerprint density at radius 2 is 2.12 bits per heavy atom. The van der Waals surface area contributed by atoms with E-state index in [2.05, 4.69) is 21.3 Å². The van der Waals surface area contributed by atoms with Crippen LogP contribution in [0.1, 0.15) is 33.0 Å². The Kier molecular flexibility index (Phi) is 5.77. The van der Waals surface area contributed by atoms with E-state index in [0.29, 0.717) is 12.0 Å². The number of carbonyl (C=O) groups excluding carboxylic acids is 1. The Morgan fingerprint density at radius 3 is 2.76 bits per heavy atom. The Labute approximate surface area is 159 Å². The van der Waals surface area contributed by atoms with Crippen molar-refractivity contribution in [3.8, 4) is 0 Å². The van der Waals surface area contributed by atoms with Crippen LogP contribution in [0.3, 0.4) is 0 Å². The highest BCUT2D eigenvalue weighted by molar-refractivity contribution is 7.13. The number of hydrogen-bond donors (Lipinski definition) is 1. The average molecular weight is 378 g/mol. The quantitative estimate of drug-likeness (QED) is 0.889. The van der Waals surface area contributed by atoms with Crippen LogP contribution in [0.5, 0.6) is 0 Å². The Hall–Kier alpha value is -1.43. The molecule has 6 heteroatoms. The van der Waals surface area contributed by atoms with Gasteiger partial charge in [-0.25, -0.2) is 0 Å². The molecule has 134 valence electrons. The van der Waals surface area contributed by atoms with Gasteiger partial charge in [-0.3, -0.25) is 14.7 Å². The topological polar surface area (TPSA) is 45.2 Å². The van der Waals surface area contributed by atoms with Crippen LogP contribution in [0.15, 0.2) is 36.7 Å². The molecule has 2 atom stereocenters. The number of nitrogens with zero attached hydrogens (tertiary/aromatic N) is 2. The van der Waals surface area contributed by atoms with Crippen LogP contribution in [-0.4, -0.2) is 41.0 Å². The lowest BCUT2D eigenvalue weighted by Crippen LogP contribution is -2.64. The molecule has 3 aliphatic rings. The third-order valence-corrected chi connectivity index (χ3v) is 6.39. The fourth-order valence-corrected chi connectivity index (χ4v) is 4.93. The van der Waals surface area contributed by atoms with Crippen LogP contribution < -0.4 is 5.32 Å². The number of piperidine rings is 3. The molecular formula is C19H24ClN3OS. The smallest absolute Gasteiger partial charge is 0.261 e. The summed E-state index contributed by atoms with van der Waals surface area (Å²) in [6.45, 7) is 4.35. The van der Waals surface area contributed by atoms with Gasteiger partial charge in [0.05, 0.1) is 4.88 Å². The van der Waals surface area contributed by atoms with Gasteiger partial charge in [0.2, 0.25) is 0 Å². The Balaban J connectivity index is 0.00000182. The molecule has 2 unspecified atom stereocenters. The van der Waals surface area contributed by atoms with Crippen molar-refractivity contribution in [1.82, 2.24) is 15.2 Å². The van der Waals surface area contributed by atoms with Crippen molar-refractivity contribution in [3.05, 3.63) is 52.0 Å². The van der Waals surface area contributed by atoms with Crippen molar-refractivity contribution in [1.29, 1.82) is 0 Å². The zero-order valence-corrected chi connectivity index (χ0v) is 16.0. The minimum atomic E-state index is 0. The minimum Gasteiger partial charge on any atom is -0.347 e. The summed E-state index contributed by atoms with van der Waals surface area (Å²) in [7, 11) is 0. The van der Waals surface area contributed by atoms with Crippen LogP contribution in [0, 0.1) is 12.8 Å². The van der Waals surface area contributed by atoms with E-state index in [0.717, 1.165) is 24.4 Å². The van der Waals surface area contributed by atoms with Gasteiger partial charge in [0.15, 0.2) is 0 Å². The molecule has 3 saturated heterocycles. The SMILES string of the molecule is Cc1ccc(C(=O)NC2C3CCN(CC3)C2Cc2cccnc2)s1.Cl. The second kappa shape index (κ2) is 7.85. The number of rotatable bonds is 4. The van der Waals surface area contributed by atoms with E-state index in [4.69, 9.17) is 0 Å². The average Bonchev–Trinajstić information content (AvgIpc) is 3.05. The molecule has 3 fully saturated rings. The minimum absolute atomic E-state index is 0. The maximum absolute atomic E-state index is 12.7. The highest BCUT2D eigenvalue weighted by atomic mass is 35.5. The van der Waals surface area contributed by atoms with Gasteiger partial charge in [0, 0.05) is 29.4 Å². The van der Waals surface area contributed by atoms with Gasteiger partial charge < -0.3 is 5.32 Å². The summed E-state index contributed by atoms with van der Waals surface area (Å²) in [6, 6.07) is 8.70. The summed E-state index contributed by atoms with van der Waals surface area (Å²) >= 11 is 1.57. The van der Waals surface area contributed by atoms with Gasteiger partial charge in [-0.15, -0.1) is 23.7 Å². The summed E-state index contributed by atoms with van der Waals surface area (Å²) in [5, 5.41) is 3.36. The number of fused-ring (bicyclic) bond motifs is 3. The highest BCUT2D eigenvalue weighted by Crippen LogP contribution is 2.34. The molecule has 2 bridgehead atoms. The molecule has 0 aliphatic carbocycles. The summed E-state index contributed by atoms with van der Waals surface area (Å²) in [4.78, 5) is 21.5. The Morgan fingerprint density at radius 1 is 1.32 bits per heavy atom. The molecule has 0 saturated carbocycles. The van der Waals surface area contributed by atoms with Gasteiger partial charge >= 0.3 is 0 Å². The van der Waals surface area contributed by atoms with E-state index in [1.54, 1.807) is 11.3 Å². The van der Waals surface area contributed by atoms with Crippen LogP contribution in [0.2, 0.25) is 0 Å². The van der Waals surface area contributed by atoms with Crippen molar-refractivity contribution >= 4 is 29.7 Å². The van der Waals surface area contributed by atoms with Gasteiger partial charge in [-0.1, -0.05) is 6.07 Å². The van der Waals surface area contributed by atoms with Crippen molar-refractivity contribution in [3.63, 3.8) is 0 Å². The molecule has 2 aromatic heterocycles. The molecular weight excluding hydrogens is 354 g/mol. The molecule has 0 spiro atoms. The molecule has 1 N–H and O–H groups in total. The number of aryl methyl sites for hydroxylation is 1. The zero-order valence-electron chi connectivity index (χ0n) is 14.4. The predicted molar refractivity (Wildman–Crippen MR) is 104 cm³/mol. The molecule has 0 radical (unpaired) electrons. The molecule has 2 aromatic rings. The third kappa shape index (κ3) is 3.89. The van der Waals surface area contributed by atoms with Gasteiger partial charge in [-0.05, 0) is 69.0 Å². The fourth-order valence-electron chi connectivity index (χ4n) is 4.16. The normalized spacial score (nSPS) is 27.6. The number of aromatic nitrogens is 1. The standard InChI is InChI=1S/C19H23N3OS.ClH/c1-13-4-5-17(24-13)19(23)21-18-15-6-9-22(10-7-15)16(18)11-14-3-2-8-20-12-14;/h2-5,8,12,15-16,18H,6-7,9-11H2,1H3,(H,21,23);1H. The predicted octanol–water partition coefficient (Wildman–Crippen LogP) is 3.31.